The van der Waals surface area contributed by atoms with Gasteiger partial charge >= 0.3 is 5.97 Å². The molecule has 202 valence electrons. The smallest absolute Gasteiger partial charge is 0.337 e. The van der Waals surface area contributed by atoms with Gasteiger partial charge in [0, 0.05) is 33.4 Å². The average molecular weight is 585 g/mol. The summed E-state index contributed by atoms with van der Waals surface area (Å²) in [4.78, 5) is 27.4. The normalized spacial score (nSPS) is 19.9. The molecule has 8 heteroatoms. The summed E-state index contributed by atoms with van der Waals surface area (Å²) in [5.74, 6) is 0.734. The van der Waals surface area contributed by atoms with Gasteiger partial charge in [-0.1, -0.05) is 28.9 Å². The summed E-state index contributed by atoms with van der Waals surface area (Å²) >= 11 is 3.56. The molecule has 1 N–H and O–H groups in total. The fraction of sp³-hybridized carbons (Fsp3) is 0.400. The number of carbonyl (C=O) groups excluding carboxylic acids is 2. The molecule has 0 aromatic heterocycles. The molecule has 2 aliphatic rings. The number of Topliss-reactive ketones (excluding diaryl/α,β-unsaturated/α-hetero) is 1. The largest absolute Gasteiger partial charge is 0.496 e. The van der Waals surface area contributed by atoms with Gasteiger partial charge in [0.05, 0.1) is 38.9 Å². The lowest BCUT2D eigenvalue weighted by Crippen LogP contribution is -2.36. The van der Waals surface area contributed by atoms with Gasteiger partial charge in [0.25, 0.3) is 0 Å². The van der Waals surface area contributed by atoms with Crippen LogP contribution in [0.15, 0.2) is 63.4 Å². The first-order chi connectivity index (χ1) is 18.2. The third-order valence-electron chi connectivity index (χ3n) is 7.31. The second-order valence-electron chi connectivity index (χ2n) is 9.64. The Morgan fingerprint density at radius 2 is 1.71 bits per heavy atom. The summed E-state index contributed by atoms with van der Waals surface area (Å²) in [6, 6.07) is 11.4. The van der Waals surface area contributed by atoms with Crippen LogP contribution in [0.4, 0.5) is 0 Å². The molecular formula is C30H34BrNO6. The number of carbonyl (C=O) groups is 2. The van der Waals surface area contributed by atoms with Crippen molar-refractivity contribution >= 4 is 27.7 Å². The van der Waals surface area contributed by atoms with Crippen molar-refractivity contribution in [3.63, 3.8) is 0 Å². The third kappa shape index (κ3) is 5.32. The van der Waals surface area contributed by atoms with Gasteiger partial charge < -0.3 is 24.3 Å². The maximum Gasteiger partial charge on any atom is 0.337 e. The molecule has 0 bridgehead atoms. The van der Waals surface area contributed by atoms with E-state index in [0.29, 0.717) is 53.4 Å². The number of halogens is 1. The van der Waals surface area contributed by atoms with Gasteiger partial charge in [-0.15, -0.1) is 0 Å². The Morgan fingerprint density at radius 1 is 1.03 bits per heavy atom. The van der Waals surface area contributed by atoms with Crippen molar-refractivity contribution in [2.75, 3.05) is 21.3 Å². The number of allylic oxidation sites excluding steroid dienone is 3. The maximum absolute atomic E-state index is 13.9. The van der Waals surface area contributed by atoms with Crippen molar-refractivity contribution in [3.8, 4) is 17.2 Å². The van der Waals surface area contributed by atoms with Crippen molar-refractivity contribution < 1.29 is 28.5 Å². The Kier molecular flexibility index (Phi) is 8.51. The standard InChI is InChI=1S/C30H34BrNO6/c1-7-16(2)38-30(34)27-17(3)32-22-12-19(18-8-10-25(36-5)26(14-18)37-6)13-23(33)29(22)28(27)21-15-20(31)9-11-24(21)35-4/h8-11,14-16,19,28,32H,7,12-13H2,1-6H3/t16-,19+,28+/m0/s1. The maximum atomic E-state index is 13.9. The number of nitrogens with one attached hydrogen (secondary N) is 1. The zero-order valence-electron chi connectivity index (χ0n) is 22.6. The minimum Gasteiger partial charge on any atom is -0.496 e. The second-order valence-corrected chi connectivity index (χ2v) is 10.6. The molecule has 3 atom stereocenters. The van der Waals surface area contributed by atoms with Crippen LogP contribution in [0.25, 0.3) is 0 Å². The first-order valence-electron chi connectivity index (χ1n) is 12.7. The number of hydrogen-bond acceptors (Lipinski definition) is 7. The highest BCUT2D eigenvalue weighted by Gasteiger charge is 2.42. The summed E-state index contributed by atoms with van der Waals surface area (Å²) < 4.78 is 23.2. The summed E-state index contributed by atoms with van der Waals surface area (Å²) in [6.45, 7) is 5.69. The van der Waals surface area contributed by atoms with Crippen LogP contribution in [-0.2, 0) is 14.3 Å². The van der Waals surface area contributed by atoms with Crippen molar-refractivity contribution in [1.82, 2.24) is 5.32 Å². The van der Waals surface area contributed by atoms with E-state index in [0.717, 1.165) is 21.3 Å². The van der Waals surface area contributed by atoms with Crippen LogP contribution in [0, 0.1) is 0 Å². The van der Waals surface area contributed by atoms with Gasteiger partial charge in [-0.3, -0.25) is 4.79 Å². The van der Waals surface area contributed by atoms with E-state index in [1.807, 2.05) is 57.2 Å². The van der Waals surface area contributed by atoms with Gasteiger partial charge in [-0.2, -0.15) is 0 Å². The molecule has 0 radical (unpaired) electrons. The SMILES string of the molecule is CC[C@H](C)OC(=O)C1=C(C)NC2=C(C(=O)C[C@H](c3ccc(OC)c(OC)c3)C2)[C@@H]1c1cc(Br)ccc1OC. The fourth-order valence-electron chi connectivity index (χ4n) is 5.22. The first-order valence-corrected chi connectivity index (χ1v) is 13.5. The Bertz CT molecular complexity index is 1310. The lowest BCUT2D eigenvalue weighted by molar-refractivity contribution is -0.144. The van der Waals surface area contributed by atoms with E-state index < -0.39 is 11.9 Å². The number of ether oxygens (including phenoxy) is 4. The average Bonchev–Trinajstić information content (AvgIpc) is 2.91. The van der Waals surface area contributed by atoms with Crippen LogP contribution in [0.3, 0.4) is 0 Å². The highest BCUT2D eigenvalue weighted by molar-refractivity contribution is 9.10. The predicted octanol–water partition coefficient (Wildman–Crippen LogP) is 6.18. The fourth-order valence-corrected chi connectivity index (χ4v) is 5.60. The van der Waals surface area contributed by atoms with Crippen LogP contribution < -0.4 is 19.5 Å². The molecule has 1 aliphatic heterocycles. The molecule has 2 aromatic rings. The molecule has 0 amide bonds. The monoisotopic (exact) mass is 583 g/mol. The zero-order chi connectivity index (χ0) is 27.6. The van der Waals surface area contributed by atoms with E-state index in [-0.39, 0.29) is 17.8 Å². The number of hydrogen-bond donors (Lipinski definition) is 1. The summed E-state index contributed by atoms with van der Waals surface area (Å²) in [6.07, 6.45) is 1.35. The first kappa shape index (κ1) is 27.8. The predicted molar refractivity (Wildman–Crippen MR) is 149 cm³/mol. The zero-order valence-corrected chi connectivity index (χ0v) is 24.2. The van der Waals surface area contributed by atoms with E-state index >= 15 is 0 Å². The Hall–Kier alpha value is -3.26. The lowest BCUT2D eigenvalue weighted by Gasteiger charge is -2.37. The minimum atomic E-state index is -0.617. The van der Waals surface area contributed by atoms with Crippen molar-refractivity contribution in [3.05, 3.63) is 74.5 Å². The molecule has 0 fully saturated rings. The summed E-state index contributed by atoms with van der Waals surface area (Å²) in [5, 5.41) is 3.40. The van der Waals surface area contributed by atoms with Crippen LogP contribution in [0.2, 0.25) is 0 Å². The Labute approximate surface area is 232 Å². The van der Waals surface area contributed by atoms with E-state index in [4.69, 9.17) is 18.9 Å². The third-order valence-corrected chi connectivity index (χ3v) is 7.81. The Balaban J connectivity index is 1.82. The lowest BCUT2D eigenvalue weighted by atomic mass is 9.71. The molecule has 0 unspecified atom stereocenters. The van der Waals surface area contributed by atoms with Gasteiger partial charge in [0.2, 0.25) is 0 Å². The number of benzene rings is 2. The van der Waals surface area contributed by atoms with E-state index in [1.165, 1.54) is 0 Å². The van der Waals surface area contributed by atoms with Crippen molar-refractivity contribution in [2.45, 2.75) is 58.0 Å². The Morgan fingerprint density at radius 3 is 2.37 bits per heavy atom. The molecule has 38 heavy (non-hydrogen) atoms. The molecule has 1 aliphatic carbocycles. The van der Waals surface area contributed by atoms with Gasteiger partial charge in [0.15, 0.2) is 17.3 Å². The molecule has 2 aromatic carbocycles. The van der Waals surface area contributed by atoms with Crippen LogP contribution in [0.1, 0.15) is 63.0 Å². The molecule has 0 spiro atoms. The summed E-state index contributed by atoms with van der Waals surface area (Å²) in [5.41, 5.74) is 4.22. The van der Waals surface area contributed by atoms with Gasteiger partial charge in [-0.05, 0) is 68.5 Å². The van der Waals surface area contributed by atoms with E-state index in [2.05, 4.69) is 21.2 Å². The van der Waals surface area contributed by atoms with Crippen LogP contribution >= 0.6 is 15.9 Å². The highest BCUT2D eigenvalue weighted by atomic mass is 79.9. The topological polar surface area (TPSA) is 83.1 Å². The number of esters is 1. The molecule has 0 saturated heterocycles. The molecule has 7 nitrogen and oxygen atoms in total. The van der Waals surface area contributed by atoms with Crippen molar-refractivity contribution in [1.29, 1.82) is 0 Å². The number of ketones is 1. The quantitative estimate of drug-likeness (QED) is 0.371. The molecule has 0 saturated carbocycles. The van der Waals surface area contributed by atoms with Gasteiger partial charge in [-0.25, -0.2) is 4.79 Å². The molecule has 4 rings (SSSR count). The van der Waals surface area contributed by atoms with Gasteiger partial charge in [0.1, 0.15) is 5.75 Å². The second kappa shape index (κ2) is 11.6. The number of rotatable bonds is 8. The van der Waals surface area contributed by atoms with Crippen LogP contribution in [-0.4, -0.2) is 39.2 Å². The highest BCUT2D eigenvalue weighted by Crippen LogP contribution is 2.48. The number of dihydropyridines is 1. The van der Waals surface area contributed by atoms with Crippen molar-refractivity contribution in [2.24, 2.45) is 0 Å². The minimum absolute atomic E-state index is 0.0214. The van der Waals surface area contributed by atoms with Crippen LogP contribution in [0.5, 0.6) is 17.2 Å². The van der Waals surface area contributed by atoms with E-state index in [1.54, 1.807) is 21.3 Å². The number of methoxy groups -OCH3 is 3. The molecule has 1 heterocycles. The molecular weight excluding hydrogens is 550 g/mol. The van der Waals surface area contributed by atoms with E-state index in [9.17, 15) is 9.59 Å². The summed E-state index contributed by atoms with van der Waals surface area (Å²) in [7, 11) is 4.79.